The smallest absolute Gasteiger partial charge is 0.230 e. The summed E-state index contributed by atoms with van der Waals surface area (Å²) in [7, 11) is 0. The van der Waals surface area contributed by atoms with Crippen molar-refractivity contribution in [2.24, 2.45) is 5.41 Å². The third-order valence-corrected chi connectivity index (χ3v) is 5.39. The molecule has 1 aromatic carbocycles. The summed E-state index contributed by atoms with van der Waals surface area (Å²) >= 11 is 0. The highest BCUT2D eigenvalue weighted by atomic mass is 19.1. The molecule has 0 bridgehead atoms. The SMILES string of the molecule is C[C@H]1CN(Cc2ccc(F)cc2)CCN1C(=O)[C@]1(C)CCC(=O)NC1. The predicted molar refractivity (Wildman–Crippen MR) is 93.2 cm³/mol. The second-order valence-electron chi connectivity index (χ2n) is 7.55. The lowest BCUT2D eigenvalue weighted by Gasteiger charge is -2.44. The highest BCUT2D eigenvalue weighted by Crippen LogP contribution is 2.30. The molecule has 25 heavy (non-hydrogen) atoms. The maximum absolute atomic E-state index is 13.0. The maximum atomic E-state index is 13.0. The second-order valence-corrected chi connectivity index (χ2v) is 7.55. The highest BCUT2D eigenvalue weighted by Gasteiger charge is 2.42. The molecule has 2 aliphatic rings. The van der Waals surface area contributed by atoms with Crippen molar-refractivity contribution in [3.05, 3.63) is 35.6 Å². The molecule has 136 valence electrons. The van der Waals surface area contributed by atoms with Crippen molar-refractivity contribution in [1.82, 2.24) is 15.1 Å². The van der Waals surface area contributed by atoms with E-state index in [2.05, 4.69) is 17.1 Å². The fraction of sp³-hybridized carbons (Fsp3) is 0.579. The van der Waals surface area contributed by atoms with E-state index in [-0.39, 0.29) is 23.7 Å². The van der Waals surface area contributed by atoms with Crippen molar-refractivity contribution in [2.75, 3.05) is 26.2 Å². The number of piperidine rings is 1. The summed E-state index contributed by atoms with van der Waals surface area (Å²) in [5.41, 5.74) is 0.580. The lowest BCUT2D eigenvalue weighted by atomic mass is 9.80. The molecule has 2 saturated heterocycles. The van der Waals surface area contributed by atoms with E-state index in [1.807, 2.05) is 24.0 Å². The Labute approximate surface area is 148 Å². The van der Waals surface area contributed by atoms with Crippen molar-refractivity contribution < 1.29 is 14.0 Å². The Morgan fingerprint density at radius 1 is 1.32 bits per heavy atom. The minimum absolute atomic E-state index is 0.0300. The van der Waals surface area contributed by atoms with Crippen molar-refractivity contribution in [3.8, 4) is 0 Å². The number of halogens is 1. The minimum Gasteiger partial charge on any atom is -0.355 e. The van der Waals surface area contributed by atoms with Crippen molar-refractivity contribution in [3.63, 3.8) is 0 Å². The molecule has 0 aromatic heterocycles. The van der Waals surface area contributed by atoms with Gasteiger partial charge in [0.05, 0.1) is 5.41 Å². The number of benzene rings is 1. The van der Waals surface area contributed by atoms with Crippen LogP contribution in [0.1, 0.15) is 32.3 Å². The number of amides is 2. The molecule has 0 aliphatic carbocycles. The largest absolute Gasteiger partial charge is 0.355 e. The van der Waals surface area contributed by atoms with Crippen molar-refractivity contribution >= 4 is 11.8 Å². The van der Waals surface area contributed by atoms with Gasteiger partial charge in [0.15, 0.2) is 0 Å². The van der Waals surface area contributed by atoms with Crippen LogP contribution in [0.3, 0.4) is 0 Å². The average molecular weight is 347 g/mol. The Bertz CT molecular complexity index is 637. The molecule has 6 heteroatoms. The lowest BCUT2D eigenvalue weighted by molar-refractivity contribution is -0.148. The van der Waals surface area contributed by atoms with E-state index in [1.54, 1.807) is 0 Å². The Morgan fingerprint density at radius 2 is 2.04 bits per heavy atom. The van der Waals surface area contributed by atoms with E-state index >= 15 is 0 Å². The summed E-state index contributed by atoms with van der Waals surface area (Å²) in [6, 6.07) is 6.70. The molecule has 2 aliphatic heterocycles. The Balaban J connectivity index is 1.58. The van der Waals surface area contributed by atoms with Crippen molar-refractivity contribution in [2.45, 2.75) is 39.3 Å². The molecule has 5 nitrogen and oxygen atoms in total. The monoisotopic (exact) mass is 347 g/mol. The van der Waals surface area contributed by atoms with Crippen LogP contribution in [0.2, 0.25) is 0 Å². The third kappa shape index (κ3) is 4.00. The van der Waals surface area contributed by atoms with Crippen LogP contribution in [0.5, 0.6) is 0 Å². The summed E-state index contributed by atoms with van der Waals surface area (Å²) in [5, 5.41) is 2.83. The first-order valence-electron chi connectivity index (χ1n) is 8.92. The van der Waals surface area contributed by atoms with Gasteiger partial charge >= 0.3 is 0 Å². The molecular formula is C19H26FN3O2. The van der Waals surface area contributed by atoms with Gasteiger partial charge in [-0.2, -0.15) is 0 Å². The summed E-state index contributed by atoms with van der Waals surface area (Å²) in [6.45, 7) is 7.49. The van der Waals surface area contributed by atoms with Gasteiger partial charge in [0.25, 0.3) is 0 Å². The molecule has 2 fully saturated rings. The van der Waals surface area contributed by atoms with Gasteiger partial charge < -0.3 is 10.2 Å². The van der Waals surface area contributed by atoms with E-state index < -0.39 is 5.41 Å². The molecule has 3 rings (SSSR count). The summed E-state index contributed by atoms with van der Waals surface area (Å²) in [5.74, 6) is -0.0516. The Hall–Kier alpha value is -1.95. The third-order valence-electron chi connectivity index (χ3n) is 5.39. The van der Waals surface area contributed by atoms with Gasteiger partial charge in [0, 0.05) is 45.2 Å². The van der Waals surface area contributed by atoms with Crippen LogP contribution in [-0.4, -0.2) is 53.8 Å². The molecule has 1 aromatic rings. The first-order chi connectivity index (χ1) is 11.9. The predicted octanol–water partition coefficient (Wildman–Crippen LogP) is 1.77. The number of hydrogen-bond acceptors (Lipinski definition) is 3. The summed E-state index contributed by atoms with van der Waals surface area (Å²) in [6.07, 6.45) is 1.03. The van der Waals surface area contributed by atoms with E-state index in [1.165, 1.54) is 12.1 Å². The average Bonchev–Trinajstić information content (AvgIpc) is 2.59. The van der Waals surface area contributed by atoms with Crippen LogP contribution in [0.25, 0.3) is 0 Å². The number of carbonyl (C=O) groups excluding carboxylic acids is 2. The molecule has 2 amide bonds. The standard InChI is InChI=1S/C19H26FN3O2/c1-14-11-22(12-15-3-5-16(20)6-4-15)9-10-23(14)18(25)19(2)8-7-17(24)21-13-19/h3-6,14H,7-13H2,1-2H3,(H,21,24)/t14-,19+/m0/s1. The molecular weight excluding hydrogens is 321 g/mol. The van der Waals surface area contributed by atoms with Gasteiger partial charge in [-0.15, -0.1) is 0 Å². The highest BCUT2D eigenvalue weighted by molar-refractivity contribution is 5.86. The number of rotatable bonds is 3. The zero-order valence-corrected chi connectivity index (χ0v) is 14.9. The molecule has 1 N–H and O–H groups in total. The number of hydrogen-bond donors (Lipinski definition) is 1. The van der Waals surface area contributed by atoms with E-state index in [4.69, 9.17) is 0 Å². The Kier molecular flexibility index (Phi) is 5.08. The number of carbonyl (C=O) groups is 2. The lowest BCUT2D eigenvalue weighted by Crippen LogP contribution is -2.59. The van der Waals surface area contributed by atoms with Gasteiger partial charge in [0.1, 0.15) is 5.82 Å². The van der Waals surface area contributed by atoms with Crippen LogP contribution in [0, 0.1) is 11.2 Å². The Morgan fingerprint density at radius 3 is 2.64 bits per heavy atom. The van der Waals surface area contributed by atoms with Gasteiger partial charge in [-0.3, -0.25) is 14.5 Å². The second kappa shape index (κ2) is 7.12. The molecule has 2 atom stereocenters. The van der Waals surface area contributed by atoms with Gasteiger partial charge in [-0.1, -0.05) is 12.1 Å². The molecule has 2 heterocycles. The summed E-state index contributed by atoms with van der Waals surface area (Å²) in [4.78, 5) is 28.6. The van der Waals surface area contributed by atoms with E-state index in [9.17, 15) is 14.0 Å². The number of piperazine rings is 1. The van der Waals surface area contributed by atoms with Crippen LogP contribution >= 0.6 is 0 Å². The molecule has 0 saturated carbocycles. The fourth-order valence-corrected chi connectivity index (χ4v) is 3.72. The zero-order chi connectivity index (χ0) is 18.0. The van der Waals surface area contributed by atoms with Crippen LogP contribution in [0.15, 0.2) is 24.3 Å². The topological polar surface area (TPSA) is 52.7 Å². The van der Waals surface area contributed by atoms with E-state index in [0.29, 0.717) is 25.9 Å². The first-order valence-corrected chi connectivity index (χ1v) is 8.92. The molecule has 0 unspecified atom stereocenters. The normalized spacial score (nSPS) is 27.9. The first kappa shape index (κ1) is 17.9. The number of nitrogens with one attached hydrogen (secondary N) is 1. The maximum Gasteiger partial charge on any atom is 0.230 e. The molecule has 0 spiro atoms. The quantitative estimate of drug-likeness (QED) is 0.907. The zero-order valence-electron chi connectivity index (χ0n) is 14.9. The summed E-state index contributed by atoms with van der Waals surface area (Å²) < 4.78 is 13.0. The van der Waals surface area contributed by atoms with Gasteiger partial charge in [-0.25, -0.2) is 4.39 Å². The van der Waals surface area contributed by atoms with Gasteiger partial charge in [-0.05, 0) is 38.0 Å². The van der Waals surface area contributed by atoms with Crippen LogP contribution < -0.4 is 5.32 Å². The van der Waals surface area contributed by atoms with Gasteiger partial charge in [0.2, 0.25) is 11.8 Å². The number of nitrogens with zero attached hydrogens (tertiary/aromatic N) is 2. The van der Waals surface area contributed by atoms with Crippen LogP contribution in [0.4, 0.5) is 4.39 Å². The van der Waals surface area contributed by atoms with Crippen molar-refractivity contribution in [1.29, 1.82) is 0 Å². The fourth-order valence-electron chi connectivity index (χ4n) is 3.72. The molecule has 0 radical (unpaired) electrons. The van der Waals surface area contributed by atoms with E-state index in [0.717, 1.165) is 25.2 Å². The minimum atomic E-state index is -0.499. The van der Waals surface area contributed by atoms with Crippen LogP contribution in [-0.2, 0) is 16.1 Å².